The second kappa shape index (κ2) is 5.38. The van der Waals surface area contributed by atoms with Gasteiger partial charge >= 0.3 is 0 Å². The van der Waals surface area contributed by atoms with Gasteiger partial charge in [-0.3, -0.25) is 0 Å². The molecule has 1 aromatic rings. The van der Waals surface area contributed by atoms with Gasteiger partial charge in [0.1, 0.15) is 5.75 Å². The predicted octanol–water partition coefficient (Wildman–Crippen LogP) is 3.09. The van der Waals surface area contributed by atoms with Crippen LogP contribution in [0, 0.1) is 0 Å². The molecule has 0 unspecified atom stereocenters. The van der Waals surface area contributed by atoms with Gasteiger partial charge in [-0.05, 0) is 45.4 Å². The van der Waals surface area contributed by atoms with Crippen LogP contribution >= 0.6 is 12.4 Å². The predicted molar refractivity (Wildman–Crippen MR) is 66.7 cm³/mol. The highest BCUT2D eigenvalue weighted by Gasteiger charge is 2.14. The topological polar surface area (TPSA) is 35.2 Å². The lowest BCUT2D eigenvalue weighted by Gasteiger charge is -2.20. The Kier molecular flexibility index (Phi) is 5.12. The highest BCUT2D eigenvalue weighted by Crippen LogP contribution is 2.22. The molecule has 0 atom stereocenters. The summed E-state index contributed by atoms with van der Waals surface area (Å²) in [5.41, 5.74) is 6.78. The van der Waals surface area contributed by atoms with Crippen molar-refractivity contribution in [2.24, 2.45) is 5.73 Å². The fourth-order valence-electron chi connectivity index (χ4n) is 1.24. The maximum atomic E-state index is 6.00. The fourth-order valence-corrected chi connectivity index (χ4v) is 1.24. The maximum Gasteiger partial charge on any atom is 0.120 e. The molecule has 0 fully saturated rings. The van der Waals surface area contributed by atoms with Crippen LogP contribution in [-0.4, -0.2) is 6.10 Å². The van der Waals surface area contributed by atoms with E-state index in [1.165, 1.54) is 0 Å². The van der Waals surface area contributed by atoms with Crippen LogP contribution in [0.25, 0.3) is 0 Å². The molecule has 0 saturated carbocycles. The lowest BCUT2D eigenvalue weighted by atomic mass is 9.96. The lowest BCUT2D eigenvalue weighted by Crippen LogP contribution is -2.28. The Bertz CT molecular complexity index is 305. The molecule has 0 spiro atoms. The molecule has 1 rings (SSSR count). The highest BCUT2D eigenvalue weighted by atomic mass is 35.5. The van der Waals surface area contributed by atoms with Crippen LogP contribution in [0.2, 0.25) is 0 Å². The van der Waals surface area contributed by atoms with Crippen molar-refractivity contribution in [1.29, 1.82) is 0 Å². The van der Waals surface area contributed by atoms with E-state index in [-0.39, 0.29) is 24.0 Å². The number of benzene rings is 1. The van der Waals surface area contributed by atoms with Crippen molar-refractivity contribution < 1.29 is 4.74 Å². The van der Waals surface area contributed by atoms with E-state index in [4.69, 9.17) is 10.5 Å². The van der Waals surface area contributed by atoms with Crippen LogP contribution in [0.4, 0.5) is 0 Å². The number of hydrogen-bond donors (Lipinski definition) is 1. The van der Waals surface area contributed by atoms with Gasteiger partial charge in [0.2, 0.25) is 0 Å². The number of nitrogens with two attached hydrogens (primary N) is 1. The van der Waals surface area contributed by atoms with Crippen LogP contribution in [0.5, 0.6) is 5.75 Å². The zero-order chi connectivity index (χ0) is 10.8. The Hall–Kier alpha value is -0.730. The van der Waals surface area contributed by atoms with Gasteiger partial charge in [-0.2, -0.15) is 0 Å². The third kappa shape index (κ3) is 4.54. The molecular formula is C12H20ClNO. The Labute approximate surface area is 98.2 Å². The zero-order valence-electron chi connectivity index (χ0n) is 9.78. The second-order valence-electron chi connectivity index (χ2n) is 4.42. The summed E-state index contributed by atoms with van der Waals surface area (Å²) in [4.78, 5) is 0. The van der Waals surface area contributed by atoms with Gasteiger partial charge in [-0.25, -0.2) is 0 Å². The summed E-state index contributed by atoms with van der Waals surface area (Å²) in [6.45, 7) is 8.00. The first-order valence-electron chi connectivity index (χ1n) is 4.95. The van der Waals surface area contributed by atoms with Crippen LogP contribution < -0.4 is 10.5 Å². The van der Waals surface area contributed by atoms with Crippen molar-refractivity contribution in [2.75, 3.05) is 0 Å². The van der Waals surface area contributed by atoms with E-state index in [9.17, 15) is 0 Å². The molecule has 1 aromatic carbocycles. The Morgan fingerprint density at radius 2 is 1.87 bits per heavy atom. The standard InChI is InChI=1S/C12H19NO.ClH/c1-9(2)14-11-7-5-6-10(8-11)12(3,4)13;/h5-9H,13H2,1-4H3;1H. The summed E-state index contributed by atoms with van der Waals surface area (Å²) >= 11 is 0. The average Bonchev–Trinajstić information content (AvgIpc) is 2.01. The summed E-state index contributed by atoms with van der Waals surface area (Å²) in [7, 11) is 0. The van der Waals surface area contributed by atoms with E-state index in [0.717, 1.165) is 11.3 Å². The van der Waals surface area contributed by atoms with Crippen molar-refractivity contribution in [3.63, 3.8) is 0 Å². The molecule has 3 heteroatoms. The number of ether oxygens (including phenoxy) is 1. The number of halogens is 1. The molecule has 2 nitrogen and oxygen atoms in total. The van der Waals surface area contributed by atoms with Crippen LogP contribution in [0.1, 0.15) is 33.3 Å². The number of rotatable bonds is 3. The Morgan fingerprint density at radius 1 is 1.27 bits per heavy atom. The molecule has 0 amide bonds. The first-order chi connectivity index (χ1) is 6.39. The van der Waals surface area contributed by atoms with E-state index >= 15 is 0 Å². The van der Waals surface area contributed by atoms with Gasteiger partial charge < -0.3 is 10.5 Å². The largest absolute Gasteiger partial charge is 0.491 e. The van der Waals surface area contributed by atoms with E-state index < -0.39 is 0 Å². The molecular weight excluding hydrogens is 210 g/mol. The van der Waals surface area contributed by atoms with Crippen molar-refractivity contribution in [3.05, 3.63) is 29.8 Å². The van der Waals surface area contributed by atoms with Gasteiger partial charge in [0.25, 0.3) is 0 Å². The van der Waals surface area contributed by atoms with Gasteiger partial charge in [-0.15, -0.1) is 12.4 Å². The highest BCUT2D eigenvalue weighted by molar-refractivity contribution is 5.85. The van der Waals surface area contributed by atoms with Crippen LogP contribution in [-0.2, 0) is 5.54 Å². The summed E-state index contributed by atoms with van der Waals surface area (Å²) in [6, 6.07) is 7.95. The van der Waals surface area contributed by atoms with E-state index in [1.807, 2.05) is 52.0 Å². The molecule has 0 bridgehead atoms. The lowest BCUT2D eigenvalue weighted by molar-refractivity contribution is 0.242. The molecule has 15 heavy (non-hydrogen) atoms. The van der Waals surface area contributed by atoms with E-state index in [0.29, 0.717) is 0 Å². The molecule has 0 aromatic heterocycles. The first-order valence-corrected chi connectivity index (χ1v) is 4.95. The quantitative estimate of drug-likeness (QED) is 0.865. The average molecular weight is 230 g/mol. The molecule has 2 N–H and O–H groups in total. The van der Waals surface area contributed by atoms with Crippen molar-refractivity contribution >= 4 is 12.4 Å². The Morgan fingerprint density at radius 3 is 2.33 bits per heavy atom. The van der Waals surface area contributed by atoms with Gasteiger partial charge in [0.15, 0.2) is 0 Å². The van der Waals surface area contributed by atoms with Gasteiger partial charge in [0, 0.05) is 5.54 Å². The zero-order valence-corrected chi connectivity index (χ0v) is 10.6. The minimum atomic E-state index is -0.309. The van der Waals surface area contributed by atoms with Crippen molar-refractivity contribution in [1.82, 2.24) is 0 Å². The summed E-state index contributed by atoms with van der Waals surface area (Å²) in [6.07, 6.45) is 0.200. The summed E-state index contributed by atoms with van der Waals surface area (Å²) in [5.74, 6) is 0.885. The second-order valence-corrected chi connectivity index (χ2v) is 4.42. The van der Waals surface area contributed by atoms with Crippen molar-refractivity contribution in [3.8, 4) is 5.75 Å². The normalized spacial score (nSPS) is 11.1. The third-order valence-corrected chi connectivity index (χ3v) is 1.95. The fraction of sp³-hybridized carbons (Fsp3) is 0.500. The smallest absolute Gasteiger partial charge is 0.120 e. The van der Waals surface area contributed by atoms with E-state index in [2.05, 4.69) is 0 Å². The maximum absolute atomic E-state index is 6.00. The minimum Gasteiger partial charge on any atom is -0.491 e. The van der Waals surface area contributed by atoms with Crippen LogP contribution in [0.15, 0.2) is 24.3 Å². The number of hydrogen-bond acceptors (Lipinski definition) is 2. The summed E-state index contributed by atoms with van der Waals surface area (Å²) < 4.78 is 5.59. The molecule has 0 aliphatic rings. The van der Waals surface area contributed by atoms with Crippen LogP contribution in [0.3, 0.4) is 0 Å². The molecule has 0 radical (unpaired) electrons. The summed E-state index contributed by atoms with van der Waals surface area (Å²) in [5, 5.41) is 0. The van der Waals surface area contributed by atoms with Crippen molar-refractivity contribution in [2.45, 2.75) is 39.3 Å². The molecule has 86 valence electrons. The van der Waals surface area contributed by atoms with Gasteiger partial charge in [0.05, 0.1) is 6.10 Å². The Balaban J connectivity index is 0.00000196. The van der Waals surface area contributed by atoms with E-state index in [1.54, 1.807) is 0 Å². The molecule has 0 aliphatic heterocycles. The molecule has 0 heterocycles. The first kappa shape index (κ1) is 14.3. The monoisotopic (exact) mass is 229 g/mol. The molecule has 0 aliphatic carbocycles. The van der Waals surface area contributed by atoms with Gasteiger partial charge in [-0.1, -0.05) is 12.1 Å². The molecule has 0 saturated heterocycles. The SMILES string of the molecule is CC(C)Oc1cccc(C(C)(C)N)c1.Cl. The third-order valence-electron chi connectivity index (χ3n) is 1.95. The minimum absolute atomic E-state index is 0.